The number of amides is 2. The van der Waals surface area contributed by atoms with E-state index in [0.29, 0.717) is 5.69 Å². The van der Waals surface area contributed by atoms with Crippen LogP contribution in [0.3, 0.4) is 0 Å². The van der Waals surface area contributed by atoms with Crippen molar-refractivity contribution in [2.75, 3.05) is 75.7 Å². The Kier molecular flexibility index (Phi) is 45.2. The number of phenols is 3. The summed E-state index contributed by atoms with van der Waals surface area (Å²) in [6.07, 6.45) is -22.9. The minimum Gasteiger partial charge on any atom is -0.506 e. The maximum Gasteiger partial charge on any atom is 0.414 e. The molecular weight excluding hydrogens is 1950 g/mol. The smallest absolute Gasteiger partial charge is 0.414 e. The van der Waals surface area contributed by atoms with Gasteiger partial charge in [-0.15, -0.1) is 0 Å². The van der Waals surface area contributed by atoms with Crippen molar-refractivity contribution in [1.82, 2.24) is 0 Å². The van der Waals surface area contributed by atoms with E-state index in [1.165, 1.54) is 63.6 Å². The van der Waals surface area contributed by atoms with Gasteiger partial charge in [-0.25, -0.2) is 24.0 Å². The number of nitro groups is 5. The molecule has 7 N–H and O–H groups in total. The summed E-state index contributed by atoms with van der Waals surface area (Å²) in [5.41, 5.74) is 2.93. The first-order valence-electron chi connectivity index (χ1n) is 40.2. The van der Waals surface area contributed by atoms with Crippen molar-refractivity contribution in [3.8, 4) is 28.7 Å². The minimum absolute atomic E-state index is 0.00287. The third-order valence-electron chi connectivity index (χ3n) is 17.5. The number of nitrogens with zero attached hydrogens (tertiary/aromatic N) is 7. The van der Waals surface area contributed by atoms with E-state index in [4.69, 9.17) is 101 Å². The highest BCUT2D eigenvalue weighted by atomic mass is 79.9. The van der Waals surface area contributed by atoms with Crippen molar-refractivity contribution in [1.29, 1.82) is 0 Å². The lowest BCUT2D eigenvalue weighted by atomic mass is 9.97. The fourth-order valence-electron chi connectivity index (χ4n) is 11.8. The molecule has 0 radical (unpaired) electrons. The van der Waals surface area contributed by atoms with E-state index in [1.807, 2.05) is 0 Å². The van der Waals surface area contributed by atoms with Crippen molar-refractivity contribution >= 4 is 157 Å². The van der Waals surface area contributed by atoms with E-state index in [-0.39, 0.29) is 74.2 Å². The van der Waals surface area contributed by atoms with Gasteiger partial charge in [0.2, 0.25) is 24.8 Å². The number of nitro benzene ring substituents is 5. The molecule has 3 aliphatic rings. The van der Waals surface area contributed by atoms with Crippen LogP contribution in [0.25, 0.3) is 0 Å². The number of nitrogens with one attached hydrogen (secondary N) is 2. The topological polar surface area (TPSA) is 747 Å². The highest BCUT2D eigenvalue weighted by Gasteiger charge is 2.59. The zero-order valence-corrected chi connectivity index (χ0v) is 80.4. The van der Waals surface area contributed by atoms with E-state index in [1.54, 1.807) is 48.6 Å². The number of benzene rings is 5. The Labute approximate surface area is 802 Å². The molecule has 3 heterocycles. The van der Waals surface area contributed by atoms with Crippen LogP contribution in [0.2, 0.25) is 0 Å². The molecule has 3 fully saturated rings. The zero-order chi connectivity index (χ0) is 107. The fourth-order valence-corrected chi connectivity index (χ4v) is 12.5. The third kappa shape index (κ3) is 36.6. The summed E-state index contributed by atoms with van der Waals surface area (Å²) in [5, 5.41) is 85.7. The number of ether oxygens (including phenoxy) is 19. The molecule has 0 aliphatic carbocycles. The number of halogens is 1. The highest BCUT2D eigenvalue weighted by Crippen LogP contribution is 2.41. The number of anilines is 5. The summed E-state index contributed by atoms with van der Waals surface area (Å²) in [4.78, 5) is 219. The quantitative estimate of drug-likeness (QED) is 0.00619. The summed E-state index contributed by atoms with van der Waals surface area (Å²) in [6, 6.07) is 17.5. The maximum absolute atomic E-state index is 12.8. The van der Waals surface area contributed by atoms with Gasteiger partial charge < -0.3 is 122 Å². The van der Waals surface area contributed by atoms with Crippen LogP contribution in [0.4, 0.5) is 66.5 Å². The molecule has 56 nitrogen and oxygen atoms in total. The number of carbonyl (C=O) groups excluding carboxylic acids is 14. The molecule has 0 aromatic heterocycles. The van der Waals surface area contributed by atoms with Gasteiger partial charge in [-0.05, 0) is 71.9 Å². The lowest BCUT2D eigenvalue weighted by Crippen LogP contribution is -2.64. The molecule has 3 saturated heterocycles. The summed E-state index contributed by atoms with van der Waals surface area (Å²) in [7, 11) is 8.90. The fraction of sp³-hybridized carbons (Fsp3) is 0.470. The third-order valence-corrected chi connectivity index (χ3v) is 18.2. The van der Waals surface area contributed by atoms with Crippen LogP contribution in [0, 0.1) is 50.6 Å². The molecule has 140 heavy (non-hydrogen) atoms. The van der Waals surface area contributed by atoms with Gasteiger partial charge in [0.1, 0.15) is 39.9 Å². The molecule has 0 saturated carbocycles. The van der Waals surface area contributed by atoms with Crippen molar-refractivity contribution in [3.63, 3.8) is 0 Å². The number of methoxy groups -OCH3 is 3. The number of hydrogen-bond acceptors (Lipinski definition) is 49. The van der Waals surface area contributed by atoms with Crippen molar-refractivity contribution in [2.45, 2.75) is 206 Å². The van der Waals surface area contributed by atoms with Crippen LogP contribution in [-0.4, -0.2) is 275 Å². The normalized spacial score (nSPS) is 20.2. The maximum atomic E-state index is 12.8. The molecular formula is C83H103BrN10O46. The summed E-state index contributed by atoms with van der Waals surface area (Å²) in [5.74, 6) is -10.8. The molecule has 0 unspecified atom stereocenters. The first-order chi connectivity index (χ1) is 65.0. The van der Waals surface area contributed by atoms with Crippen molar-refractivity contribution < 1.29 is 197 Å². The monoisotopic (exact) mass is 2050 g/mol. The molecule has 15 atom stereocenters. The van der Waals surface area contributed by atoms with E-state index >= 15 is 0 Å². The Bertz CT molecular complexity index is 5360. The number of nitrogens with two attached hydrogens (primary N) is 1. The average molecular weight is 2060 g/mol. The Morgan fingerprint density at radius 3 is 0.957 bits per heavy atom. The number of phenolic OH excluding ortho intramolecular Hbond substituents is 3. The molecule has 0 bridgehead atoms. The molecule has 5 aromatic rings. The van der Waals surface area contributed by atoms with Crippen LogP contribution in [0.5, 0.6) is 28.7 Å². The molecule has 57 heteroatoms. The van der Waals surface area contributed by atoms with Crippen molar-refractivity contribution in [3.05, 3.63) is 142 Å². The van der Waals surface area contributed by atoms with Crippen LogP contribution in [0.15, 0.2) is 91.0 Å². The predicted molar refractivity (Wildman–Crippen MR) is 475 cm³/mol. The van der Waals surface area contributed by atoms with Crippen LogP contribution in [0.1, 0.15) is 104 Å². The summed E-state index contributed by atoms with van der Waals surface area (Å²) >= 11 is 3.11. The van der Waals surface area contributed by atoms with Gasteiger partial charge in [0, 0.05) is 151 Å². The second-order valence-electron chi connectivity index (χ2n) is 30.5. The van der Waals surface area contributed by atoms with Gasteiger partial charge in [0.15, 0.2) is 66.1 Å². The van der Waals surface area contributed by atoms with Crippen LogP contribution < -0.4 is 35.6 Å². The molecule has 2 amide bonds. The molecule has 5 aromatic carbocycles. The van der Waals surface area contributed by atoms with E-state index in [2.05, 4.69) is 31.3 Å². The number of aromatic hydroxyl groups is 3. The first-order valence-corrected chi connectivity index (χ1v) is 41.1. The predicted octanol–water partition coefficient (Wildman–Crippen LogP) is 7.72. The molecule has 0 spiro atoms. The van der Waals surface area contributed by atoms with Gasteiger partial charge in [0.25, 0.3) is 28.4 Å². The number of esters is 12. The minimum atomic E-state index is -1.76. The Hall–Kier alpha value is -16.0. The largest absolute Gasteiger partial charge is 0.506 e. The highest BCUT2D eigenvalue weighted by molar-refractivity contribution is 9.09. The number of rotatable bonds is 25. The summed E-state index contributed by atoms with van der Waals surface area (Å²) < 4.78 is 99.7. The van der Waals surface area contributed by atoms with E-state index in [9.17, 15) is 123 Å². The first kappa shape index (κ1) is 118. The standard InChI is InChI=1S/C25H32N2O14.C20H24N2O12.C13H17BrO9.C12H16N2O5.C7H8N2O3.C6H6N2O3/c1-12(28)36-18-19(37-13(2)29)21(38-14(3)30)23(40-20(18)22(31)35-8)39-17-10-9-15(27(33)34)11-16(17)26(7)24(32)41-25(4,5)6;1-9(23)30-15-16(31-10(2)24)18(32-11(3)25)20(34-17(15)19(26)29-5)33-14-7-6-12(22(27)28)8-13(14)21-4;1-5(15)20-8-9(21-6(2)16)11(13(18)19-4)23-12(14)10(8)22-7(3)17;1-12(2,3)19-11(16)13(4)9-7-8(14(17)18)5-6-10(9)15;1-8-6-4-5(9(11)12)2-3-7(6)10;7-5-3-4(8(10)11)1-2-6(5)9/h9-11,18-21,23H,1-8H3;6-8,15-18,20-21H,1-5H3;8-12H,1-4H3;5-7,15H,1-4H3;2-4,8,10H,1H3;1-3,9H,7H2/t18-,19-,20-,21+,23+;15-,16-,17-,18+,20+;8-,9-,10+,11-,12-;;;/m000.../s1. The lowest BCUT2D eigenvalue weighted by molar-refractivity contribution is -0.385. The van der Waals surface area contributed by atoms with E-state index in [0.717, 1.165) is 142 Å². The molecule has 768 valence electrons. The Morgan fingerprint density at radius 2 is 0.629 bits per heavy atom. The summed E-state index contributed by atoms with van der Waals surface area (Å²) in [6.45, 7) is 19.6. The second kappa shape index (κ2) is 53.5. The zero-order valence-electron chi connectivity index (χ0n) is 78.8. The van der Waals surface area contributed by atoms with E-state index < -0.39 is 216 Å². The van der Waals surface area contributed by atoms with Crippen LogP contribution in [-0.2, 0) is 138 Å². The Morgan fingerprint density at radius 1 is 0.364 bits per heavy atom. The van der Waals surface area contributed by atoms with Gasteiger partial charge in [0.05, 0.1) is 74.4 Å². The second-order valence-corrected chi connectivity index (χ2v) is 31.4. The lowest BCUT2D eigenvalue weighted by Gasteiger charge is -2.43. The SMILES string of the molecule is CN(C(=O)OC(C)(C)C)c1cc([N+](=O)[O-])ccc1O.CNc1cc([N+](=O)[O-])ccc1O.CNc1cc([N+](=O)[O-])ccc1O[C@@H]1O[C@H](C(=O)OC)[C@@H](OC(C)=O)[C@H](OC(C)=O)[C@H]1OC(C)=O.COC(=O)[C@H]1O[C@@H](Oc2ccc([N+](=O)[O-])cc2N(C)C(=O)OC(C)(C)C)[C@H](OC(C)=O)[C@@H](OC(C)=O)[C@@H]1OC(C)=O.COC(=O)[C@H]1O[C@H](Br)[C@H](OC(C)=O)[C@@H](OC(C)=O)[C@@H]1OC(C)=O.Nc1cc([N+](=O)[O-])ccc1O. The number of nitrogen functional groups attached to an aromatic ring is 1. The van der Waals surface area contributed by atoms with Gasteiger partial charge >= 0.3 is 83.8 Å². The van der Waals surface area contributed by atoms with Crippen LogP contribution >= 0.6 is 15.9 Å². The number of carbonyl (C=O) groups is 14. The van der Waals surface area contributed by atoms with Gasteiger partial charge in [-0.1, -0.05) is 15.9 Å². The Balaban J connectivity index is 0.000000457. The molecule has 3 aliphatic heterocycles. The van der Waals surface area contributed by atoms with Gasteiger partial charge in [-0.3, -0.25) is 104 Å². The number of alkyl halides is 1. The van der Waals surface area contributed by atoms with Crippen molar-refractivity contribution in [2.24, 2.45) is 0 Å². The number of non-ortho nitro benzene ring substituents is 5. The number of hydrogen-bond donors (Lipinski definition) is 6. The molecule has 8 rings (SSSR count). The van der Waals surface area contributed by atoms with Gasteiger partial charge in [-0.2, -0.15) is 0 Å². The average Bonchev–Trinajstić information content (AvgIpc) is 0.792.